The third-order valence-electron chi connectivity index (χ3n) is 4.66. The highest BCUT2D eigenvalue weighted by atomic mass is 19.4. The molecule has 0 aromatic heterocycles. The third-order valence-corrected chi connectivity index (χ3v) is 4.66. The molecular weight excluding hydrogens is 457 g/mol. The number of benzene rings is 2. The van der Waals surface area contributed by atoms with Crippen LogP contribution in [0.3, 0.4) is 0 Å². The molecule has 34 heavy (non-hydrogen) atoms. The highest BCUT2D eigenvalue weighted by Crippen LogP contribution is 2.29. The second-order valence-electron chi connectivity index (χ2n) is 7.34. The van der Waals surface area contributed by atoms with Crippen molar-refractivity contribution in [2.24, 2.45) is 0 Å². The largest absolute Gasteiger partial charge is 0.467 e. The minimum absolute atomic E-state index is 0.0357. The predicted molar refractivity (Wildman–Crippen MR) is 114 cm³/mol. The van der Waals surface area contributed by atoms with Gasteiger partial charge < -0.3 is 25.2 Å². The summed E-state index contributed by atoms with van der Waals surface area (Å²) in [5, 5.41) is 14.7. The molecule has 0 aliphatic carbocycles. The maximum Gasteiger partial charge on any atom is 0.416 e. The van der Waals surface area contributed by atoms with Gasteiger partial charge in [0.2, 0.25) is 5.91 Å². The molecule has 2 rings (SSSR count). The van der Waals surface area contributed by atoms with Gasteiger partial charge in [-0.25, -0.2) is 9.59 Å². The van der Waals surface area contributed by atoms with E-state index in [1.54, 1.807) is 24.3 Å². The molecule has 0 spiro atoms. The minimum Gasteiger partial charge on any atom is -0.467 e. The molecule has 0 bridgehead atoms. The normalized spacial score (nSPS) is 12.9. The zero-order valence-electron chi connectivity index (χ0n) is 18.3. The molecule has 0 saturated heterocycles. The number of rotatable bonds is 10. The SMILES string of the molecule is COC(=O)[C@H](Cc1ccc(C(F)(F)F)cc1)NC(=O)C[C@H](O)CNC(=O)OCc1ccccc1. The van der Waals surface area contributed by atoms with Gasteiger partial charge >= 0.3 is 18.2 Å². The summed E-state index contributed by atoms with van der Waals surface area (Å²) in [6.07, 6.45) is -7.10. The maximum absolute atomic E-state index is 12.7. The van der Waals surface area contributed by atoms with Crippen LogP contribution in [0.25, 0.3) is 0 Å². The summed E-state index contributed by atoms with van der Waals surface area (Å²) >= 11 is 0. The van der Waals surface area contributed by atoms with Crippen LogP contribution in [0.5, 0.6) is 0 Å². The average Bonchev–Trinajstić information content (AvgIpc) is 2.80. The van der Waals surface area contributed by atoms with Gasteiger partial charge in [0.1, 0.15) is 12.6 Å². The van der Waals surface area contributed by atoms with Crippen LogP contribution in [-0.2, 0) is 38.3 Å². The van der Waals surface area contributed by atoms with E-state index in [1.165, 1.54) is 12.1 Å². The van der Waals surface area contributed by atoms with Crippen molar-refractivity contribution in [3.8, 4) is 0 Å². The van der Waals surface area contributed by atoms with Crippen LogP contribution in [0.1, 0.15) is 23.1 Å². The summed E-state index contributed by atoms with van der Waals surface area (Å²) < 4.78 is 47.7. The number of esters is 1. The number of ether oxygens (including phenoxy) is 2. The van der Waals surface area contributed by atoms with Crippen molar-refractivity contribution in [3.63, 3.8) is 0 Å². The quantitative estimate of drug-likeness (QED) is 0.449. The molecule has 0 unspecified atom stereocenters. The highest BCUT2D eigenvalue weighted by Gasteiger charge is 2.30. The van der Waals surface area contributed by atoms with Gasteiger partial charge in [0.25, 0.3) is 0 Å². The zero-order valence-corrected chi connectivity index (χ0v) is 18.3. The van der Waals surface area contributed by atoms with Crippen LogP contribution in [0, 0.1) is 0 Å². The number of carbonyl (C=O) groups is 3. The lowest BCUT2D eigenvalue weighted by molar-refractivity contribution is -0.145. The van der Waals surface area contributed by atoms with Crippen molar-refractivity contribution < 1.29 is 42.1 Å². The van der Waals surface area contributed by atoms with E-state index in [-0.39, 0.29) is 19.6 Å². The maximum atomic E-state index is 12.7. The lowest BCUT2D eigenvalue weighted by Gasteiger charge is -2.18. The van der Waals surface area contributed by atoms with Crippen LogP contribution in [-0.4, -0.2) is 48.9 Å². The summed E-state index contributed by atoms with van der Waals surface area (Å²) in [5.41, 5.74) is 0.305. The Morgan fingerprint density at radius 1 is 1.00 bits per heavy atom. The molecule has 2 aromatic carbocycles. The Balaban J connectivity index is 1.81. The minimum atomic E-state index is -4.49. The third kappa shape index (κ3) is 9.10. The number of alkyl halides is 3. The summed E-state index contributed by atoms with van der Waals surface area (Å²) in [4.78, 5) is 36.0. The molecule has 184 valence electrons. The van der Waals surface area contributed by atoms with Crippen LogP contribution in [0.2, 0.25) is 0 Å². The van der Waals surface area contributed by atoms with Gasteiger partial charge in [0, 0.05) is 13.0 Å². The number of amides is 2. The Hall–Kier alpha value is -3.60. The second kappa shape index (κ2) is 12.6. The lowest BCUT2D eigenvalue weighted by atomic mass is 10.0. The van der Waals surface area contributed by atoms with Gasteiger partial charge in [-0.15, -0.1) is 0 Å². The van der Waals surface area contributed by atoms with E-state index in [2.05, 4.69) is 15.4 Å². The van der Waals surface area contributed by atoms with E-state index in [1.807, 2.05) is 6.07 Å². The van der Waals surface area contributed by atoms with Crippen LogP contribution in [0.4, 0.5) is 18.0 Å². The van der Waals surface area contributed by atoms with Crippen LogP contribution >= 0.6 is 0 Å². The fourth-order valence-corrected chi connectivity index (χ4v) is 2.92. The Morgan fingerprint density at radius 3 is 2.24 bits per heavy atom. The Morgan fingerprint density at radius 2 is 1.65 bits per heavy atom. The van der Waals surface area contributed by atoms with Gasteiger partial charge in [0.05, 0.1) is 25.2 Å². The molecule has 8 nitrogen and oxygen atoms in total. The first-order valence-corrected chi connectivity index (χ1v) is 10.2. The summed E-state index contributed by atoms with van der Waals surface area (Å²) in [6.45, 7) is -0.239. The van der Waals surface area contributed by atoms with Gasteiger partial charge in [-0.2, -0.15) is 13.2 Å². The number of nitrogens with one attached hydrogen (secondary N) is 2. The predicted octanol–water partition coefficient (Wildman–Crippen LogP) is 2.58. The van der Waals surface area contributed by atoms with Crippen molar-refractivity contribution >= 4 is 18.0 Å². The number of hydrogen-bond acceptors (Lipinski definition) is 6. The number of aliphatic hydroxyl groups excluding tert-OH is 1. The molecule has 0 saturated carbocycles. The van der Waals surface area contributed by atoms with E-state index in [0.29, 0.717) is 5.56 Å². The molecule has 2 atom stereocenters. The first-order chi connectivity index (χ1) is 16.1. The van der Waals surface area contributed by atoms with Gasteiger partial charge in [-0.05, 0) is 23.3 Å². The molecule has 11 heteroatoms. The Bertz CT molecular complexity index is 951. The van der Waals surface area contributed by atoms with Gasteiger partial charge in [0.15, 0.2) is 0 Å². The Kier molecular flexibility index (Phi) is 9.87. The van der Waals surface area contributed by atoms with Gasteiger partial charge in [-0.3, -0.25) is 4.79 Å². The molecule has 0 radical (unpaired) electrons. The second-order valence-corrected chi connectivity index (χ2v) is 7.34. The molecule has 2 aromatic rings. The number of alkyl carbamates (subject to hydrolysis) is 1. The zero-order chi connectivity index (χ0) is 25.1. The number of hydrogen-bond donors (Lipinski definition) is 3. The Labute approximate surface area is 194 Å². The first-order valence-electron chi connectivity index (χ1n) is 10.2. The molecule has 0 aliphatic heterocycles. The highest BCUT2D eigenvalue weighted by molar-refractivity contribution is 5.85. The average molecular weight is 482 g/mol. The lowest BCUT2D eigenvalue weighted by Crippen LogP contribution is -2.45. The summed E-state index contributed by atoms with van der Waals surface area (Å²) in [7, 11) is 1.11. The number of halogens is 3. The van der Waals surface area contributed by atoms with Crippen molar-refractivity contribution in [1.29, 1.82) is 0 Å². The fraction of sp³-hybridized carbons (Fsp3) is 0.348. The standard InChI is InChI=1S/C23H25F3N2O6/c1-33-21(31)19(11-15-7-9-17(10-8-15)23(24,25)26)28-20(30)12-18(29)13-27-22(32)34-14-16-5-3-2-4-6-16/h2-10,18-19,29H,11-14H2,1H3,(H,27,32)(H,28,30)/t18-,19-/m0/s1. The smallest absolute Gasteiger partial charge is 0.416 e. The van der Waals surface area contributed by atoms with Gasteiger partial charge in [-0.1, -0.05) is 42.5 Å². The molecule has 0 aliphatic rings. The monoisotopic (exact) mass is 482 g/mol. The number of carbonyl (C=O) groups excluding carboxylic acids is 3. The van der Waals surface area contributed by atoms with E-state index < -0.39 is 48.3 Å². The molecule has 3 N–H and O–H groups in total. The molecule has 0 fully saturated rings. The fourth-order valence-electron chi connectivity index (χ4n) is 2.92. The van der Waals surface area contributed by atoms with Crippen LogP contribution < -0.4 is 10.6 Å². The molecule has 0 heterocycles. The molecular formula is C23H25F3N2O6. The van der Waals surface area contributed by atoms with Crippen LogP contribution in [0.15, 0.2) is 54.6 Å². The molecule has 2 amide bonds. The van der Waals surface area contributed by atoms with E-state index >= 15 is 0 Å². The van der Waals surface area contributed by atoms with E-state index in [0.717, 1.165) is 24.8 Å². The van der Waals surface area contributed by atoms with Crippen molar-refractivity contribution in [2.45, 2.75) is 37.8 Å². The van der Waals surface area contributed by atoms with Crippen molar-refractivity contribution in [2.75, 3.05) is 13.7 Å². The number of aliphatic hydroxyl groups is 1. The topological polar surface area (TPSA) is 114 Å². The van der Waals surface area contributed by atoms with Crippen molar-refractivity contribution in [1.82, 2.24) is 10.6 Å². The van der Waals surface area contributed by atoms with E-state index in [9.17, 15) is 32.7 Å². The van der Waals surface area contributed by atoms with E-state index in [4.69, 9.17) is 4.74 Å². The summed E-state index contributed by atoms with van der Waals surface area (Å²) in [6, 6.07) is 11.9. The summed E-state index contributed by atoms with van der Waals surface area (Å²) in [5.74, 6) is -1.51. The number of methoxy groups -OCH3 is 1. The van der Waals surface area contributed by atoms with Crippen molar-refractivity contribution in [3.05, 3.63) is 71.3 Å². The first kappa shape index (κ1) is 26.7.